The molecule has 0 spiro atoms. The SMILES string of the molecule is CC(C)C[C@H](NC(=O)OC(C)(C)C)C(=O)N[C@@H](C)C(=O)N[C@@H](CCCCNc1ccc([N+](=O)[O-])cc1[N+](=O)[O-])C(=O)O. The first-order chi connectivity index (χ1) is 19.4. The van der Waals surface area contributed by atoms with Crippen molar-refractivity contribution >= 4 is 40.9 Å². The Balaban J connectivity index is 2.67. The van der Waals surface area contributed by atoms with Gasteiger partial charge in [-0.15, -0.1) is 0 Å². The van der Waals surface area contributed by atoms with Gasteiger partial charge < -0.3 is 31.1 Å². The molecule has 0 heterocycles. The number of aliphatic carboxylic acids is 1. The second kappa shape index (κ2) is 16.1. The number of carboxylic acid groups (broad SMARTS) is 1. The van der Waals surface area contributed by atoms with Crippen molar-refractivity contribution in [1.29, 1.82) is 0 Å². The van der Waals surface area contributed by atoms with Crippen molar-refractivity contribution < 1.29 is 38.9 Å². The van der Waals surface area contributed by atoms with Gasteiger partial charge in [0.2, 0.25) is 11.8 Å². The van der Waals surface area contributed by atoms with E-state index in [-0.39, 0.29) is 31.0 Å². The van der Waals surface area contributed by atoms with E-state index in [9.17, 15) is 44.5 Å². The molecule has 3 atom stereocenters. The van der Waals surface area contributed by atoms with Gasteiger partial charge in [0.05, 0.1) is 15.9 Å². The fourth-order valence-corrected chi connectivity index (χ4v) is 3.72. The van der Waals surface area contributed by atoms with Gasteiger partial charge in [0.25, 0.3) is 11.4 Å². The quantitative estimate of drug-likeness (QED) is 0.106. The number of nitro benzene ring substituents is 2. The van der Waals surface area contributed by atoms with Crippen LogP contribution in [0.15, 0.2) is 18.2 Å². The minimum absolute atomic E-state index is 0.0252. The van der Waals surface area contributed by atoms with E-state index in [1.165, 1.54) is 13.0 Å². The van der Waals surface area contributed by atoms with Crippen LogP contribution < -0.4 is 21.3 Å². The van der Waals surface area contributed by atoms with Crippen molar-refractivity contribution in [3.8, 4) is 0 Å². The predicted molar refractivity (Wildman–Crippen MR) is 152 cm³/mol. The van der Waals surface area contributed by atoms with E-state index in [1.807, 2.05) is 13.8 Å². The lowest BCUT2D eigenvalue weighted by Gasteiger charge is -2.25. The molecular formula is C26H40N6O10. The minimum atomic E-state index is -1.29. The summed E-state index contributed by atoms with van der Waals surface area (Å²) < 4.78 is 5.21. The molecule has 0 fully saturated rings. The number of nitrogens with one attached hydrogen (secondary N) is 4. The highest BCUT2D eigenvalue weighted by Gasteiger charge is 2.29. The largest absolute Gasteiger partial charge is 0.480 e. The molecule has 42 heavy (non-hydrogen) atoms. The molecular weight excluding hydrogens is 556 g/mol. The highest BCUT2D eigenvalue weighted by Crippen LogP contribution is 2.28. The number of amides is 3. The molecule has 0 bridgehead atoms. The summed E-state index contributed by atoms with van der Waals surface area (Å²) in [6.45, 7) is 10.3. The Bertz CT molecular complexity index is 1150. The van der Waals surface area contributed by atoms with Gasteiger partial charge in [-0.1, -0.05) is 13.8 Å². The van der Waals surface area contributed by atoms with Crippen LogP contribution in [0.25, 0.3) is 0 Å². The van der Waals surface area contributed by atoms with Crippen LogP contribution in [0.5, 0.6) is 0 Å². The first-order valence-corrected chi connectivity index (χ1v) is 13.4. The van der Waals surface area contributed by atoms with Gasteiger partial charge in [0.1, 0.15) is 29.4 Å². The number of ether oxygens (including phenoxy) is 1. The molecule has 1 aromatic rings. The van der Waals surface area contributed by atoms with Crippen molar-refractivity contribution in [2.45, 2.75) is 91.0 Å². The first kappa shape index (κ1) is 35.5. The molecule has 0 saturated carbocycles. The summed E-state index contributed by atoms with van der Waals surface area (Å²) in [6.07, 6.45) is 0.190. The van der Waals surface area contributed by atoms with E-state index in [2.05, 4.69) is 21.3 Å². The number of carbonyl (C=O) groups is 4. The summed E-state index contributed by atoms with van der Waals surface area (Å²) in [6, 6.07) is -0.165. The zero-order chi connectivity index (χ0) is 32.2. The van der Waals surface area contributed by atoms with Gasteiger partial charge in [0, 0.05) is 12.6 Å². The Morgan fingerprint density at radius 1 is 0.929 bits per heavy atom. The number of hydrogen-bond acceptors (Lipinski definition) is 10. The number of anilines is 1. The average Bonchev–Trinajstić information content (AvgIpc) is 2.85. The van der Waals surface area contributed by atoms with E-state index in [0.29, 0.717) is 12.8 Å². The molecule has 0 unspecified atom stereocenters. The molecule has 0 saturated heterocycles. The molecule has 234 valence electrons. The number of rotatable bonds is 16. The van der Waals surface area contributed by atoms with Crippen LogP contribution in [-0.4, -0.2) is 69.1 Å². The van der Waals surface area contributed by atoms with Gasteiger partial charge in [0.15, 0.2) is 0 Å². The van der Waals surface area contributed by atoms with Crippen molar-refractivity contribution in [3.63, 3.8) is 0 Å². The highest BCUT2D eigenvalue weighted by atomic mass is 16.6. The van der Waals surface area contributed by atoms with Crippen LogP contribution in [0.4, 0.5) is 21.9 Å². The summed E-state index contributed by atoms with van der Waals surface area (Å²) in [4.78, 5) is 70.0. The molecule has 1 rings (SSSR count). The molecule has 0 aliphatic carbocycles. The van der Waals surface area contributed by atoms with Gasteiger partial charge in [-0.25, -0.2) is 9.59 Å². The standard InChI is InChI=1S/C26H40N6O10/c1-15(2)13-20(30-25(37)42-26(4,5)6)23(34)28-16(3)22(33)29-19(24(35)36)9-7-8-12-27-18-11-10-17(31(38)39)14-21(18)32(40)41/h10-11,14-16,19-20,27H,7-9,12-13H2,1-6H3,(H,28,34)(H,29,33)(H,30,37)(H,35,36)/t16-,19-,20-/m0/s1. The first-order valence-electron chi connectivity index (χ1n) is 13.4. The molecule has 0 radical (unpaired) electrons. The highest BCUT2D eigenvalue weighted by molar-refractivity contribution is 5.92. The maximum atomic E-state index is 12.8. The Hall–Kier alpha value is -4.50. The normalized spacial score (nSPS) is 13.3. The molecule has 1 aromatic carbocycles. The lowest BCUT2D eigenvalue weighted by molar-refractivity contribution is -0.393. The fourth-order valence-electron chi connectivity index (χ4n) is 3.72. The van der Waals surface area contributed by atoms with Crippen molar-refractivity contribution in [3.05, 3.63) is 38.4 Å². The Kier molecular flexibility index (Phi) is 13.6. The summed E-state index contributed by atoms with van der Waals surface area (Å²) in [5.41, 5.74) is -1.59. The van der Waals surface area contributed by atoms with Crippen LogP contribution >= 0.6 is 0 Å². The molecule has 5 N–H and O–H groups in total. The van der Waals surface area contributed by atoms with Crippen LogP contribution in [0.2, 0.25) is 0 Å². The number of nitrogens with zero attached hydrogens (tertiary/aromatic N) is 2. The summed E-state index contributed by atoms with van der Waals surface area (Å²) in [7, 11) is 0. The third-order valence-electron chi connectivity index (χ3n) is 5.71. The molecule has 0 aliphatic rings. The van der Waals surface area contributed by atoms with Gasteiger partial charge in [-0.05, 0) is 65.4 Å². The Labute approximate surface area is 243 Å². The van der Waals surface area contributed by atoms with Crippen molar-refractivity contribution in [2.24, 2.45) is 5.92 Å². The summed E-state index contributed by atoms with van der Waals surface area (Å²) >= 11 is 0. The predicted octanol–water partition coefficient (Wildman–Crippen LogP) is 3.10. The number of non-ortho nitro benzene ring substituents is 1. The number of unbranched alkanes of at least 4 members (excludes halogenated alkanes) is 1. The Morgan fingerprint density at radius 2 is 1.57 bits per heavy atom. The van der Waals surface area contributed by atoms with Crippen molar-refractivity contribution in [2.75, 3.05) is 11.9 Å². The molecule has 0 aliphatic heterocycles. The number of alkyl carbamates (subject to hydrolysis) is 1. The second-order valence-electron chi connectivity index (χ2n) is 11.1. The third-order valence-corrected chi connectivity index (χ3v) is 5.71. The lowest BCUT2D eigenvalue weighted by atomic mass is 10.0. The number of carboxylic acids is 1. The summed E-state index contributed by atoms with van der Waals surface area (Å²) in [5, 5.41) is 41.9. The van der Waals surface area contributed by atoms with E-state index < -0.39 is 68.8 Å². The van der Waals surface area contributed by atoms with Gasteiger partial charge in [-0.3, -0.25) is 29.8 Å². The van der Waals surface area contributed by atoms with E-state index in [0.717, 1.165) is 12.1 Å². The smallest absolute Gasteiger partial charge is 0.408 e. The van der Waals surface area contributed by atoms with E-state index >= 15 is 0 Å². The number of hydrogen-bond donors (Lipinski definition) is 5. The molecule has 16 heteroatoms. The van der Waals surface area contributed by atoms with Crippen LogP contribution in [0.1, 0.15) is 67.2 Å². The van der Waals surface area contributed by atoms with Crippen LogP contribution in [0, 0.1) is 26.1 Å². The van der Waals surface area contributed by atoms with Crippen LogP contribution in [0.3, 0.4) is 0 Å². The molecule has 16 nitrogen and oxygen atoms in total. The average molecular weight is 597 g/mol. The number of nitro groups is 2. The zero-order valence-electron chi connectivity index (χ0n) is 24.6. The monoisotopic (exact) mass is 596 g/mol. The summed E-state index contributed by atoms with van der Waals surface area (Å²) in [5.74, 6) is -2.63. The maximum absolute atomic E-state index is 12.8. The maximum Gasteiger partial charge on any atom is 0.408 e. The molecule has 0 aromatic heterocycles. The van der Waals surface area contributed by atoms with Gasteiger partial charge >= 0.3 is 12.1 Å². The lowest BCUT2D eigenvalue weighted by Crippen LogP contribution is -2.55. The Morgan fingerprint density at radius 3 is 2.10 bits per heavy atom. The third kappa shape index (κ3) is 12.8. The second-order valence-corrected chi connectivity index (χ2v) is 11.1. The van der Waals surface area contributed by atoms with E-state index in [4.69, 9.17) is 4.74 Å². The zero-order valence-corrected chi connectivity index (χ0v) is 24.6. The fraction of sp³-hybridized carbons (Fsp3) is 0.615. The van der Waals surface area contributed by atoms with E-state index in [1.54, 1.807) is 20.8 Å². The van der Waals surface area contributed by atoms with Crippen LogP contribution in [-0.2, 0) is 19.1 Å². The van der Waals surface area contributed by atoms with Crippen molar-refractivity contribution in [1.82, 2.24) is 16.0 Å². The van der Waals surface area contributed by atoms with Gasteiger partial charge in [-0.2, -0.15) is 0 Å². The minimum Gasteiger partial charge on any atom is -0.480 e. The topological polar surface area (TPSA) is 232 Å². The molecule has 3 amide bonds. The number of carbonyl (C=O) groups excluding carboxylic acids is 3. The number of benzene rings is 1.